The molecule has 6 heteroatoms. The molecule has 1 amide bonds. The highest BCUT2D eigenvalue weighted by Crippen LogP contribution is 2.34. The number of nitrogens with zero attached hydrogens (tertiary/aromatic N) is 3. The molecule has 1 saturated heterocycles. The largest absolute Gasteiger partial charge is 0.396 e. The van der Waals surface area contributed by atoms with Crippen LogP contribution in [-0.2, 0) is 4.74 Å². The predicted molar refractivity (Wildman–Crippen MR) is 66.4 cm³/mol. The van der Waals surface area contributed by atoms with Gasteiger partial charge in [0, 0.05) is 19.1 Å². The summed E-state index contributed by atoms with van der Waals surface area (Å²) in [6, 6.07) is 1.75. The van der Waals surface area contributed by atoms with Crippen molar-refractivity contribution in [2.24, 2.45) is 5.92 Å². The van der Waals surface area contributed by atoms with Gasteiger partial charge in [-0.25, -0.2) is 0 Å². The van der Waals surface area contributed by atoms with E-state index < -0.39 is 0 Å². The standard InChI is InChI=1S/C13H17N3O3/c17-8-10-1-2-11-12(10)19-6-5-16(11)13(18)9-3-4-14-15-7-9/h3-4,7,10-12,17H,1-2,5-6,8H2/t10-,11-,12-/m1/s1. The summed E-state index contributed by atoms with van der Waals surface area (Å²) in [5, 5.41) is 16.8. The predicted octanol–water partition coefficient (Wildman–Crippen LogP) is 0.0885. The molecule has 2 heterocycles. The summed E-state index contributed by atoms with van der Waals surface area (Å²) in [5.74, 6) is 0.128. The van der Waals surface area contributed by atoms with Crippen LogP contribution < -0.4 is 0 Å². The Morgan fingerprint density at radius 2 is 2.37 bits per heavy atom. The Hall–Kier alpha value is -1.53. The molecule has 6 nitrogen and oxygen atoms in total. The van der Waals surface area contributed by atoms with E-state index in [0.717, 1.165) is 12.8 Å². The SMILES string of the molecule is O=C(c1ccnnc1)N1CCO[C@@H]2[C@@H](CO)CC[C@H]21. The number of morpholine rings is 1. The molecule has 19 heavy (non-hydrogen) atoms. The van der Waals surface area contributed by atoms with Gasteiger partial charge < -0.3 is 14.7 Å². The molecule has 0 bridgehead atoms. The molecule has 1 aliphatic heterocycles. The summed E-state index contributed by atoms with van der Waals surface area (Å²) < 4.78 is 5.74. The molecular formula is C13H17N3O3. The van der Waals surface area contributed by atoms with Crippen LogP contribution in [0.2, 0.25) is 0 Å². The van der Waals surface area contributed by atoms with Crippen molar-refractivity contribution in [2.75, 3.05) is 19.8 Å². The monoisotopic (exact) mass is 263 g/mol. The average Bonchev–Trinajstić information content (AvgIpc) is 2.90. The van der Waals surface area contributed by atoms with Gasteiger partial charge in [0.25, 0.3) is 5.91 Å². The fourth-order valence-electron chi connectivity index (χ4n) is 3.09. The lowest BCUT2D eigenvalue weighted by molar-refractivity contribution is -0.0694. The van der Waals surface area contributed by atoms with E-state index in [0.29, 0.717) is 18.7 Å². The van der Waals surface area contributed by atoms with Crippen LogP contribution in [-0.4, -0.2) is 58.0 Å². The Morgan fingerprint density at radius 1 is 1.47 bits per heavy atom. The van der Waals surface area contributed by atoms with Crippen LogP contribution in [0.4, 0.5) is 0 Å². The van der Waals surface area contributed by atoms with Gasteiger partial charge in [0.15, 0.2) is 0 Å². The third-order valence-electron chi connectivity index (χ3n) is 4.05. The first-order chi connectivity index (χ1) is 9.31. The first-order valence-electron chi connectivity index (χ1n) is 6.61. The Balaban J connectivity index is 1.79. The summed E-state index contributed by atoms with van der Waals surface area (Å²) in [5.41, 5.74) is 0.558. The van der Waals surface area contributed by atoms with E-state index in [9.17, 15) is 9.90 Å². The molecule has 2 aliphatic rings. The highest BCUT2D eigenvalue weighted by molar-refractivity contribution is 5.94. The molecule has 3 rings (SSSR count). The molecule has 1 N–H and O–H groups in total. The Labute approximate surface area is 111 Å². The fourth-order valence-corrected chi connectivity index (χ4v) is 3.09. The minimum atomic E-state index is -0.0301. The quantitative estimate of drug-likeness (QED) is 0.818. The second kappa shape index (κ2) is 5.22. The van der Waals surface area contributed by atoms with Crippen LogP contribution in [0, 0.1) is 5.92 Å². The van der Waals surface area contributed by atoms with E-state index >= 15 is 0 Å². The lowest BCUT2D eigenvalue weighted by Crippen LogP contribution is -2.53. The number of carbonyl (C=O) groups is 1. The van der Waals surface area contributed by atoms with E-state index in [-0.39, 0.29) is 30.6 Å². The summed E-state index contributed by atoms with van der Waals surface area (Å²) >= 11 is 0. The molecule has 0 aromatic carbocycles. The second-order valence-corrected chi connectivity index (χ2v) is 5.05. The van der Waals surface area contributed by atoms with Gasteiger partial charge in [-0.05, 0) is 18.9 Å². The maximum atomic E-state index is 12.5. The number of amides is 1. The van der Waals surface area contributed by atoms with Crippen LogP contribution in [0.1, 0.15) is 23.2 Å². The summed E-state index contributed by atoms with van der Waals surface area (Å²) in [4.78, 5) is 14.3. The maximum absolute atomic E-state index is 12.5. The molecular weight excluding hydrogens is 246 g/mol. The van der Waals surface area contributed by atoms with Gasteiger partial charge in [0.1, 0.15) is 0 Å². The molecule has 0 unspecified atom stereocenters. The maximum Gasteiger partial charge on any atom is 0.255 e. The molecule has 2 fully saturated rings. The van der Waals surface area contributed by atoms with Gasteiger partial charge in [0.05, 0.1) is 36.7 Å². The number of hydrogen-bond acceptors (Lipinski definition) is 5. The highest BCUT2D eigenvalue weighted by Gasteiger charge is 2.44. The zero-order valence-corrected chi connectivity index (χ0v) is 10.6. The van der Waals surface area contributed by atoms with Crippen LogP contribution in [0.15, 0.2) is 18.5 Å². The molecule has 1 aromatic rings. The van der Waals surface area contributed by atoms with Crippen molar-refractivity contribution in [3.8, 4) is 0 Å². The van der Waals surface area contributed by atoms with Gasteiger partial charge in [0.2, 0.25) is 0 Å². The number of rotatable bonds is 2. The third-order valence-corrected chi connectivity index (χ3v) is 4.05. The second-order valence-electron chi connectivity index (χ2n) is 5.05. The zero-order valence-electron chi connectivity index (χ0n) is 10.6. The normalized spacial score (nSPS) is 30.2. The van der Waals surface area contributed by atoms with Gasteiger partial charge in [-0.2, -0.15) is 10.2 Å². The summed E-state index contributed by atoms with van der Waals surface area (Å²) in [6.45, 7) is 1.25. The molecule has 1 aliphatic carbocycles. The van der Waals surface area contributed by atoms with Gasteiger partial charge in [-0.3, -0.25) is 4.79 Å². The average molecular weight is 263 g/mol. The van der Waals surface area contributed by atoms with Gasteiger partial charge in [-0.15, -0.1) is 0 Å². The first kappa shape index (κ1) is 12.5. The van der Waals surface area contributed by atoms with Crippen LogP contribution >= 0.6 is 0 Å². The first-order valence-corrected chi connectivity index (χ1v) is 6.61. The van der Waals surface area contributed by atoms with E-state index in [2.05, 4.69) is 10.2 Å². The van der Waals surface area contributed by atoms with Crippen molar-refractivity contribution in [3.63, 3.8) is 0 Å². The Morgan fingerprint density at radius 3 is 3.11 bits per heavy atom. The smallest absolute Gasteiger partial charge is 0.255 e. The lowest BCUT2D eigenvalue weighted by Gasteiger charge is -2.39. The Kier molecular flexibility index (Phi) is 3.44. The fraction of sp³-hybridized carbons (Fsp3) is 0.615. The number of aliphatic hydroxyl groups is 1. The van der Waals surface area contributed by atoms with Crippen LogP contribution in [0.25, 0.3) is 0 Å². The lowest BCUT2D eigenvalue weighted by atomic mass is 10.0. The number of aliphatic hydroxyl groups excluding tert-OH is 1. The molecule has 3 atom stereocenters. The van der Waals surface area contributed by atoms with E-state index in [4.69, 9.17) is 4.74 Å². The summed E-state index contributed by atoms with van der Waals surface area (Å²) in [6.07, 6.45) is 4.78. The molecule has 102 valence electrons. The van der Waals surface area contributed by atoms with Crippen LogP contribution in [0.5, 0.6) is 0 Å². The summed E-state index contributed by atoms with van der Waals surface area (Å²) in [7, 11) is 0. The number of fused-ring (bicyclic) bond motifs is 1. The van der Waals surface area contributed by atoms with Gasteiger partial charge in [-0.1, -0.05) is 0 Å². The minimum absolute atomic E-state index is 0.0215. The molecule has 0 radical (unpaired) electrons. The van der Waals surface area contributed by atoms with Gasteiger partial charge >= 0.3 is 0 Å². The number of aromatic nitrogens is 2. The molecule has 1 saturated carbocycles. The van der Waals surface area contributed by atoms with Crippen molar-refractivity contribution >= 4 is 5.91 Å². The third kappa shape index (κ3) is 2.21. The van der Waals surface area contributed by atoms with Crippen molar-refractivity contribution in [2.45, 2.75) is 25.0 Å². The van der Waals surface area contributed by atoms with Crippen molar-refractivity contribution in [1.29, 1.82) is 0 Å². The van der Waals surface area contributed by atoms with Crippen LogP contribution in [0.3, 0.4) is 0 Å². The molecule has 0 spiro atoms. The number of carbonyl (C=O) groups excluding carboxylic acids is 1. The number of ether oxygens (including phenoxy) is 1. The van der Waals surface area contributed by atoms with E-state index in [1.54, 1.807) is 6.07 Å². The highest BCUT2D eigenvalue weighted by atomic mass is 16.5. The molecule has 1 aromatic heterocycles. The topological polar surface area (TPSA) is 75.6 Å². The van der Waals surface area contributed by atoms with Crippen molar-refractivity contribution in [3.05, 3.63) is 24.0 Å². The zero-order chi connectivity index (χ0) is 13.2. The van der Waals surface area contributed by atoms with Crippen molar-refractivity contribution in [1.82, 2.24) is 15.1 Å². The minimum Gasteiger partial charge on any atom is -0.396 e. The Bertz CT molecular complexity index is 454. The van der Waals surface area contributed by atoms with E-state index in [1.807, 2.05) is 4.90 Å². The van der Waals surface area contributed by atoms with E-state index in [1.165, 1.54) is 12.4 Å². The number of hydrogen-bond donors (Lipinski definition) is 1. The van der Waals surface area contributed by atoms with Crippen molar-refractivity contribution < 1.29 is 14.6 Å².